The smallest absolute Gasteiger partial charge is 0.116 e. The Morgan fingerprint density at radius 3 is 2.75 bits per heavy atom. The Labute approximate surface area is 119 Å². The molecule has 1 N–H and O–H groups in total. The second-order valence-corrected chi connectivity index (χ2v) is 6.01. The number of piperazine rings is 1. The second-order valence-electron chi connectivity index (χ2n) is 6.01. The van der Waals surface area contributed by atoms with Gasteiger partial charge in [0, 0.05) is 44.0 Å². The molecule has 20 heavy (non-hydrogen) atoms. The van der Waals surface area contributed by atoms with Gasteiger partial charge in [-0.05, 0) is 25.0 Å². The molecule has 4 rings (SSSR count). The first-order chi connectivity index (χ1) is 9.92. The number of nitrogens with one attached hydrogen (secondary N) is 1. The highest BCUT2D eigenvalue weighted by atomic mass is 15.2. The first-order valence-corrected chi connectivity index (χ1v) is 7.84. The predicted octanol–water partition coefficient (Wildman–Crippen LogP) is 2.40. The molecular weight excluding hydrogens is 248 g/mol. The summed E-state index contributed by atoms with van der Waals surface area (Å²) in [5, 5.41) is 3.40. The maximum atomic E-state index is 4.70. The fraction of sp³-hybridized carbons (Fsp3) is 0.562. The Morgan fingerprint density at radius 1 is 1.15 bits per heavy atom. The number of pyridine rings is 1. The van der Waals surface area contributed by atoms with Gasteiger partial charge in [-0.2, -0.15) is 0 Å². The number of hydrogen-bond donors (Lipinski definition) is 1. The van der Waals surface area contributed by atoms with Crippen molar-refractivity contribution in [1.82, 2.24) is 14.7 Å². The fourth-order valence-corrected chi connectivity index (χ4v) is 3.61. The summed E-state index contributed by atoms with van der Waals surface area (Å²) in [5.41, 5.74) is 2.57. The molecule has 2 fully saturated rings. The van der Waals surface area contributed by atoms with E-state index in [-0.39, 0.29) is 0 Å². The van der Waals surface area contributed by atoms with E-state index in [1.807, 2.05) is 6.20 Å². The van der Waals surface area contributed by atoms with Crippen LogP contribution < -0.4 is 10.2 Å². The van der Waals surface area contributed by atoms with Crippen molar-refractivity contribution in [2.24, 2.45) is 0 Å². The molecule has 1 saturated carbocycles. The van der Waals surface area contributed by atoms with Gasteiger partial charge in [0.25, 0.3) is 0 Å². The van der Waals surface area contributed by atoms with E-state index in [1.54, 1.807) is 0 Å². The highest BCUT2D eigenvalue weighted by Gasteiger charge is 2.21. The average molecular weight is 270 g/mol. The van der Waals surface area contributed by atoms with Crippen LogP contribution in [0, 0.1) is 0 Å². The largest absolute Gasteiger partial charge is 0.369 e. The van der Waals surface area contributed by atoms with E-state index in [2.05, 4.69) is 32.9 Å². The molecule has 1 saturated heterocycles. The molecular formula is C16H22N4. The SMILES string of the molecule is c1cn2c(C3CCCC3)ncc2cc1N1CCNCC1. The summed E-state index contributed by atoms with van der Waals surface area (Å²) >= 11 is 0. The molecule has 4 heteroatoms. The molecule has 4 nitrogen and oxygen atoms in total. The van der Waals surface area contributed by atoms with Crippen LogP contribution in [0.5, 0.6) is 0 Å². The van der Waals surface area contributed by atoms with E-state index >= 15 is 0 Å². The first kappa shape index (κ1) is 12.2. The van der Waals surface area contributed by atoms with Crippen LogP contribution in [-0.2, 0) is 0 Å². The molecule has 1 aliphatic heterocycles. The van der Waals surface area contributed by atoms with Crippen LogP contribution in [0.25, 0.3) is 5.52 Å². The zero-order valence-corrected chi connectivity index (χ0v) is 11.9. The van der Waals surface area contributed by atoms with Crippen LogP contribution in [0.2, 0.25) is 0 Å². The van der Waals surface area contributed by atoms with Gasteiger partial charge in [-0.1, -0.05) is 12.8 Å². The van der Waals surface area contributed by atoms with Crippen LogP contribution in [-0.4, -0.2) is 35.6 Å². The van der Waals surface area contributed by atoms with Crippen molar-refractivity contribution < 1.29 is 0 Å². The van der Waals surface area contributed by atoms with Crippen molar-refractivity contribution >= 4 is 11.2 Å². The highest BCUT2D eigenvalue weighted by Crippen LogP contribution is 2.34. The summed E-state index contributed by atoms with van der Waals surface area (Å²) in [6.45, 7) is 4.36. The molecule has 2 aromatic heterocycles. The van der Waals surface area contributed by atoms with Gasteiger partial charge in [0.05, 0.1) is 11.7 Å². The fourth-order valence-electron chi connectivity index (χ4n) is 3.61. The van der Waals surface area contributed by atoms with Crippen LogP contribution in [0.15, 0.2) is 24.5 Å². The van der Waals surface area contributed by atoms with Crippen molar-refractivity contribution in [3.8, 4) is 0 Å². The Hall–Kier alpha value is -1.55. The molecule has 0 aromatic carbocycles. The van der Waals surface area contributed by atoms with Gasteiger partial charge < -0.3 is 14.6 Å². The topological polar surface area (TPSA) is 32.6 Å². The van der Waals surface area contributed by atoms with Crippen LogP contribution >= 0.6 is 0 Å². The standard InChI is InChI=1S/C16H22N4/c1-2-4-13(3-1)16-18-12-15-11-14(5-8-20(15)16)19-9-6-17-7-10-19/h5,8,11-13,17H,1-4,6-7,9-10H2. The van der Waals surface area contributed by atoms with Crippen molar-refractivity contribution in [2.45, 2.75) is 31.6 Å². The molecule has 2 aromatic rings. The molecule has 106 valence electrons. The van der Waals surface area contributed by atoms with Gasteiger partial charge in [0.15, 0.2) is 0 Å². The molecule has 3 heterocycles. The molecule has 1 aliphatic carbocycles. The van der Waals surface area contributed by atoms with Gasteiger partial charge in [-0.15, -0.1) is 0 Å². The van der Waals surface area contributed by atoms with E-state index in [1.165, 1.54) is 42.7 Å². The van der Waals surface area contributed by atoms with Gasteiger partial charge in [0.1, 0.15) is 5.82 Å². The maximum Gasteiger partial charge on any atom is 0.116 e. The van der Waals surface area contributed by atoms with Crippen LogP contribution in [0.1, 0.15) is 37.4 Å². The zero-order valence-electron chi connectivity index (χ0n) is 11.9. The van der Waals surface area contributed by atoms with Crippen molar-refractivity contribution in [3.05, 3.63) is 30.4 Å². The van der Waals surface area contributed by atoms with Crippen molar-refractivity contribution in [1.29, 1.82) is 0 Å². The second kappa shape index (κ2) is 5.09. The minimum atomic E-state index is 0.669. The number of anilines is 1. The maximum absolute atomic E-state index is 4.70. The summed E-state index contributed by atoms with van der Waals surface area (Å²) in [6.07, 6.45) is 9.58. The lowest BCUT2D eigenvalue weighted by Crippen LogP contribution is -2.43. The Balaban J connectivity index is 1.66. The molecule has 2 aliphatic rings. The quantitative estimate of drug-likeness (QED) is 0.909. The summed E-state index contributed by atoms with van der Waals surface area (Å²) < 4.78 is 2.29. The molecule has 0 spiro atoms. The lowest BCUT2D eigenvalue weighted by Gasteiger charge is -2.29. The number of rotatable bonds is 2. The molecule has 0 unspecified atom stereocenters. The van der Waals surface area contributed by atoms with Gasteiger partial charge in [-0.25, -0.2) is 4.98 Å². The van der Waals surface area contributed by atoms with Gasteiger partial charge in [-0.3, -0.25) is 0 Å². The Bertz CT molecular complexity index is 592. The van der Waals surface area contributed by atoms with E-state index in [0.29, 0.717) is 5.92 Å². The van der Waals surface area contributed by atoms with Crippen molar-refractivity contribution in [2.75, 3.05) is 31.1 Å². The minimum absolute atomic E-state index is 0.669. The zero-order chi connectivity index (χ0) is 13.4. The van der Waals surface area contributed by atoms with Crippen LogP contribution in [0.3, 0.4) is 0 Å². The predicted molar refractivity (Wildman–Crippen MR) is 81.5 cm³/mol. The molecule has 0 radical (unpaired) electrons. The summed E-state index contributed by atoms with van der Waals surface area (Å²) in [7, 11) is 0. The van der Waals surface area contributed by atoms with E-state index < -0.39 is 0 Å². The van der Waals surface area contributed by atoms with Gasteiger partial charge >= 0.3 is 0 Å². The summed E-state index contributed by atoms with van der Waals surface area (Å²) in [4.78, 5) is 7.15. The van der Waals surface area contributed by atoms with Gasteiger partial charge in [0.2, 0.25) is 0 Å². The monoisotopic (exact) mass is 270 g/mol. The number of aromatic nitrogens is 2. The van der Waals surface area contributed by atoms with E-state index in [9.17, 15) is 0 Å². The van der Waals surface area contributed by atoms with Crippen molar-refractivity contribution in [3.63, 3.8) is 0 Å². The number of fused-ring (bicyclic) bond motifs is 1. The third-order valence-electron chi connectivity index (χ3n) is 4.75. The highest BCUT2D eigenvalue weighted by molar-refractivity contribution is 5.60. The van der Waals surface area contributed by atoms with Crippen LogP contribution in [0.4, 0.5) is 5.69 Å². The first-order valence-electron chi connectivity index (χ1n) is 7.84. The normalized spacial score (nSPS) is 20.9. The molecule has 0 atom stereocenters. The average Bonchev–Trinajstić information content (AvgIpc) is 3.16. The lowest BCUT2D eigenvalue weighted by atomic mass is 10.1. The number of imidazole rings is 1. The summed E-state index contributed by atoms with van der Waals surface area (Å²) in [6, 6.07) is 4.54. The van der Waals surface area contributed by atoms with E-state index in [4.69, 9.17) is 4.98 Å². The molecule has 0 bridgehead atoms. The Kier molecular flexibility index (Phi) is 3.11. The number of nitrogens with zero attached hydrogens (tertiary/aromatic N) is 3. The molecule has 0 amide bonds. The number of hydrogen-bond acceptors (Lipinski definition) is 3. The van der Waals surface area contributed by atoms with E-state index in [0.717, 1.165) is 26.2 Å². The minimum Gasteiger partial charge on any atom is -0.369 e. The Morgan fingerprint density at radius 2 is 1.95 bits per heavy atom. The lowest BCUT2D eigenvalue weighted by molar-refractivity contribution is 0.589. The third kappa shape index (κ3) is 2.08. The third-order valence-corrected chi connectivity index (χ3v) is 4.75. The summed E-state index contributed by atoms with van der Waals surface area (Å²) in [5.74, 6) is 1.94.